The third-order valence-electron chi connectivity index (χ3n) is 3.35. The van der Waals surface area contributed by atoms with E-state index in [0.29, 0.717) is 0 Å². The van der Waals surface area contributed by atoms with E-state index in [1.165, 1.54) is 5.56 Å². The average molecular weight is 298 g/mol. The fourth-order valence-electron chi connectivity index (χ4n) is 2.73. The van der Waals surface area contributed by atoms with Gasteiger partial charge in [0.25, 0.3) is 0 Å². The summed E-state index contributed by atoms with van der Waals surface area (Å²) in [6, 6.07) is 6.16. The van der Waals surface area contributed by atoms with Gasteiger partial charge in [-0.25, -0.2) is 0 Å². The van der Waals surface area contributed by atoms with E-state index < -0.39 is 5.60 Å². The van der Waals surface area contributed by atoms with E-state index in [9.17, 15) is 5.11 Å². The summed E-state index contributed by atoms with van der Waals surface area (Å²) < 4.78 is 7.00. The number of β-amino-alcohol motifs (C(OH)–C–C–N with tert-alkyl or cyclic N) is 1. The van der Waals surface area contributed by atoms with Crippen molar-refractivity contribution in [2.45, 2.75) is 25.0 Å². The molecule has 92 valence electrons. The first-order valence-electron chi connectivity index (χ1n) is 5.92. The first-order valence-corrected chi connectivity index (χ1v) is 6.71. The van der Waals surface area contributed by atoms with Crippen LogP contribution in [-0.4, -0.2) is 41.3 Å². The Kier molecular flexibility index (Phi) is 2.69. The molecule has 1 saturated heterocycles. The lowest BCUT2D eigenvalue weighted by Gasteiger charge is -2.45. The minimum atomic E-state index is -0.492. The summed E-state index contributed by atoms with van der Waals surface area (Å²) in [5.41, 5.74) is 0.783. The summed E-state index contributed by atoms with van der Waals surface area (Å²) >= 11 is 3.48. The van der Waals surface area contributed by atoms with E-state index in [-0.39, 0.29) is 6.10 Å². The highest BCUT2D eigenvalue weighted by molar-refractivity contribution is 9.10. The second-order valence-corrected chi connectivity index (χ2v) is 6.28. The van der Waals surface area contributed by atoms with Crippen molar-refractivity contribution in [1.29, 1.82) is 0 Å². The summed E-state index contributed by atoms with van der Waals surface area (Å²) in [4.78, 5) is 2.24. The van der Waals surface area contributed by atoms with Crippen molar-refractivity contribution in [2.75, 3.05) is 19.6 Å². The molecular weight excluding hydrogens is 282 g/mol. The number of likely N-dealkylation sites (tertiary alicyclic amines) is 1. The first-order chi connectivity index (χ1) is 8.02. The highest BCUT2D eigenvalue weighted by atomic mass is 79.9. The molecule has 0 saturated carbocycles. The first kappa shape index (κ1) is 11.5. The van der Waals surface area contributed by atoms with E-state index >= 15 is 0 Å². The summed E-state index contributed by atoms with van der Waals surface area (Å²) in [5.74, 6) is 1.01. The summed E-state index contributed by atoms with van der Waals surface area (Å²) in [6.45, 7) is 4.30. The van der Waals surface area contributed by atoms with Crippen LogP contribution in [0.4, 0.5) is 0 Å². The molecule has 3 nitrogen and oxygen atoms in total. The average Bonchev–Trinajstić information content (AvgIpc) is 2.56. The van der Waals surface area contributed by atoms with Crippen molar-refractivity contribution in [3.8, 4) is 5.75 Å². The standard InChI is InChI=1S/C13H16BrNO2/c1-13(16)7-15(8-13)6-11-5-9-4-10(14)2-3-12(9)17-11/h2-4,11,16H,5-8H2,1H3. The largest absolute Gasteiger partial charge is 0.488 e. The van der Waals surface area contributed by atoms with Gasteiger partial charge in [-0.1, -0.05) is 15.9 Å². The minimum Gasteiger partial charge on any atom is -0.488 e. The smallest absolute Gasteiger partial charge is 0.123 e. The Morgan fingerprint density at radius 1 is 1.53 bits per heavy atom. The van der Waals surface area contributed by atoms with E-state index in [4.69, 9.17) is 4.74 Å². The van der Waals surface area contributed by atoms with Crippen LogP contribution >= 0.6 is 15.9 Å². The lowest BCUT2D eigenvalue weighted by molar-refractivity contribution is -0.0917. The number of ether oxygens (including phenoxy) is 1. The zero-order valence-electron chi connectivity index (χ0n) is 9.82. The van der Waals surface area contributed by atoms with Crippen LogP contribution in [0.2, 0.25) is 0 Å². The van der Waals surface area contributed by atoms with Gasteiger partial charge in [0, 0.05) is 30.5 Å². The third-order valence-corrected chi connectivity index (χ3v) is 3.85. The van der Waals surface area contributed by atoms with Gasteiger partial charge in [-0.05, 0) is 30.7 Å². The van der Waals surface area contributed by atoms with E-state index in [2.05, 4.69) is 26.9 Å². The fourth-order valence-corrected chi connectivity index (χ4v) is 3.13. The second kappa shape index (κ2) is 3.97. The molecule has 1 N–H and O–H groups in total. The van der Waals surface area contributed by atoms with Gasteiger partial charge < -0.3 is 9.84 Å². The van der Waals surface area contributed by atoms with Crippen LogP contribution < -0.4 is 4.74 Å². The van der Waals surface area contributed by atoms with Crippen LogP contribution in [0.1, 0.15) is 12.5 Å². The quantitative estimate of drug-likeness (QED) is 0.904. The van der Waals surface area contributed by atoms with Crippen molar-refractivity contribution < 1.29 is 9.84 Å². The van der Waals surface area contributed by atoms with E-state index in [0.717, 1.165) is 36.3 Å². The lowest BCUT2D eigenvalue weighted by atomic mass is 9.96. The second-order valence-electron chi connectivity index (χ2n) is 5.36. The number of hydrogen-bond donors (Lipinski definition) is 1. The lowest BCUT2D eigenvalue weighted by Crippen LogP contribution is -2.61. The maximum Gasteiger partial charge on any atom is 0.123 e. The van der Waals surface area contributed by atoms with Gasteiger partial charge >= 0.3 is 0 Å². The van der Waals surface area contributed by atoms with Crippen molar-refractivity contribution in [3.63, 3.8) is 0 Å². The van der Waals surface area contributed by atoms with Gasteiger partial charge in [0.05, 0.1) is 5.60 Å². The normalized spacial score (nSPS) is 26.2. The van der Waals surface area contributed by atoms with Gasteiger partial charge in [0.1, 0.15) is 11.9 Å². The third kappa shape index (κ3) is 2.34. The molecule has 2 heterocycles. The molecule has 1 fully saturated rings. The molecule has 17 heavy (non-hydrogen) atoms. The maximum absolute atomic E-state index is 9.68. The highest BCUT2D eigenvalue weighted by Gasteiger charge is 2.38. The molecule has 0 bridgehead atoms. The monoisotopic (exact) mass is 297 g/mol. The molecule has 0 aromatic heterocycles. The Hall–Kier alpha value is -0.580. The van der Waals surface area contributed by atoms with Crippen LogP contribution in [0.3, 0.4) is 0 Å². The van der Waals surface area contributed by atoms with Crippen molar-refractivity contribution in [3.05, 3.63) is 28.2 Å². The van der Waals surface area contributed by atoms with Crippen LogP contribution in [0.25, 0.3) is 0 Å². The minimum absolute atomic E-state index is 0.232. The van der Waals surface area contributed by atoms with Crippen LogP contribution in [-0.2, 0) is 6.42 Å². The van der Waals surface area contributed by atoms with Gasteiger partial charge in [-0.15, -0.1) is 0 Å². The highest BCUT2D eigenvalue weighted by Crippen LogP contribution is 2.32. The Labute approximate surface area is 110 Å². The van der Waals surface area contributed by atoms with Crippen LogP contribution in [0.5, 0.6) is 5.75 Å². The number of hydrogen-bond acceptors (Lipinski definition) is 3. The van der Waals surface area contributed by atoms with Crippen molar-refractivity contribution in [2.24, 2.45) is 0 Å². The van der Waals surface area contributed by atoms with Gasteiger partial charge in [-0.3, -0.25) is 4.90 Å². The molecule has 1 aromatic carbocycles. The molecule has 4 heteroatoms. The number of fused-ring (bicyclic) bond motifs is 1. The summed E-state index contributed by atoms with van der Waals surface area (Å²) in [5, 5.41) is 9.68. The number of aliphatic hydroxyl groups is 1. The van der Waals surface area contributed by atoms with Gasteiger partial charge in [0.15, 0.2) is 0 Å². The zero-order chi connectivity index (χ0) is 12.0. The van der Waals surface area contributed by atoms with Crippen molar-refractivity contribution >= 4 is 15.9 Å². The molecule has 0 aliphatic carbocycles. The molecule has 2 aliphatic rings. The Morgan fingerprint density at radius 3 is 3.00 bits per heavy atom. The predicted molar refractivity (Wildman–Crippen MR) is 69.3 cm³/mol. The molecule has 0 amide bonds. The Balaban J connectivity index is 1.60. The Bertz CT molecular complexity index is 439. The SMILES string of the molecule is CC1(O)CN(CC2Cc3cc(Br)ccc3O2)C1. The molecular formula is C13H16BrNO2. The number of rotatable bonds is 2. The van der Waals surface area contributed by atoms with Crippen LogP contribution in [0, 0.1) is 0 Å². The number of benzene rings is 1. The number of nitrogens with zero attached hydrogens (tertiary/aromatic N) is 1. The maximum atomic E-state index is 9.68. The fraction of sp³-hybridized carbons (Fsp3) is 0.538. The van der Waals surface area contributed by atoms with Crippen molar-refractivity contribution in [1.82, 2.24) is 4.90 Å². The van der Waals surface area contributed by atoms with Gasteiger partial charge in [0.2, 0.25) is 0 Å². The molecule has 0 radical (unpaired) electrons. The topological polar surface area (TPSA) is 32.7 Å². The van der Waals surface area contributed by atoms with E-state index in [1.807, 2.05) is 19.1 Å². The Morgan fingerprint density at radius 2 is 2.29 bits per heavy atom. The molecule has 1 aromatic rings. The number of halogens is 1. The summed E-state index contributed by atoms with van der Waals surface area (Å²) in [6.07, 6.45) is 1.20. The predicted octanol–water partition coefficient (Wildman–Crippen LogP) is 1.82. The molecule has 1 unspecified atom stereocenters. The molecule has 3 rings (SSSR count). The van der Waals surface area contributed by atoms with E-state index in [1.54, 1.807) is 0 Å². The summed E-state index contributed by atoms with van der Waals surface area (Å²) in [7, 11) is 0. The molecule has 0 spiro atoms. The molecule has 1 atom stereocenters. The molecule has 2 aliphatic heterocycles. The van der Waals surface area contributed by atoms with Crippen LogP contribution in [0.15, 0.2) is 22.7 Å². The van der Waals surface area contributed by atoms with Gasteiger partial charge in [-0.2, -0.15) is 0 Å². The zero-order valence-corrected chi connectivity index (χ0v) is 11.4.